The summed E-state index contributed by atoms with van der Waals surface area (Å²) in [4.78, 5) is 23.4. The molecule has 0 bridgehead atoms. The van der Waals surface area contributed by atoms with E-state index in [4.69, 9.17) is 33.6 Å². The van der Waals surface area contributed by atoms with Gasteiger partial charge in [-0.05, 0) is 37.3 Å². The molecule has 12 nitrogen and oxygen atoms in total. The van der Waals surface area contributed by atoms with Gasteiger partial charge in [-0.3, -0.25) is 4.90 Å². The average molecular weight is 559 g/mol. The highest BCUT2D eigenvalue weighted by Crippen LogP contribution is 2.37. The maximum atomic E-state index is 6.12. The highest BCUT2D eigenvalue weighted by atomic mass is 16.5. The summed E-state index contributed by atoms with van der Waals surface area (Å²) >= 11 is 0. The number of piperazine rings is 1. The summed E-state index contributed by atoms with van der Waals surface area (Å²) in [6.07, 6.45) is 3.49. The fourth-order valence-electron chi connectivity index (χ4n) is 5.14. The molecule has 4 aromatic rings. The van der Waals surface area contributed by atoms with E-state index in [0.29, 0.717) is 53.2 Å². The normalized spacial score (nSPS) is 17.1. The summed E-state index contributed by atoms with van der Waals surface area (Å²) < 4.78 is 22.7. The minimum absolute atomic E-state index is 0.396. The van der Waals surface area contributed by atoms with E-state index in [-0.39, 0.29) is 0 Å². The number of hydrogen-bond donors (Lipinski definition) is 2. The van der Waals surface area contributed by atoms with Gasteiger partial charge in [0.25, 0.3) is 6.01 Å². The fourth-order valence-corrected chi connectivity index (χ4v) is 5.14. The molecule has 6 rings (SSSR count). The molecule has 0 saturated carbocycles. The highest BCUT2D eigenvalue weighted by Gasteiger charge is 2.30. The number of oxazole rings is 1. The van der Waals surface area contributed by atoms with E-state index in [1.54, 1.807) is 32.7 Å². The van der Waals surface area contributed by atoms with Crippen molar-refractivity contribution in [2.24, 2.45) is 0 Å². The summed E-state index contributed by atoms with van der Waals surface area (Å²) in [5.41, 5.74) is 2.75. The van der Waals surface area contributed by atoms with E-state index in [2.05, 4.69) is 25.4 Å². The van der Waals surface area contributed by atoms with Crippen molar-refractivity contribution in [3.05, 3.63) is 48.8 Å². The van der Waals surface area contributed by atoms with Gasteiger partial charge >= 0.3 is 0 Å². The first-order valence-electron chi connectivity index (χ1n) is 13.7. The van der Waals surface area contributed by atoms with Gasteiger partial charge in [-0.25, -0.2) is 15.0 Å². The van der Waals surface area contributed by atoms with Crippen LogP contribution in [-0.4, -0.2) is 91.0 Å². The monoisotopic (exact) mass is 558 g/mol. The van der Waals surface area contributed by atoms with Crippen LogP contribution in [0.3, 0.4) is 0 Å². The van der Waals surface area contributed by atoms with E-state index in [9.17, 15) is 0 Å². The number of morpholine rings is 1. The van der Waals surface area contributed by atoms with Crippen LogP contribution in [0.5, 0.6) is 11.5 Å². The molecule has 0 radical (unpaired) electrons. The number of methoxy groups -OCH3 is 2. The standard InChI is InChI=1S/C29H34N8O4/c1-4-30-29-35-26(19-13-22(38-2)15-23(14-19)39-3)27(41-29)24-7-8-31-28(34-24)33-20-5-6-25(32-16-20)37-10-9-36-11-12-40-18-21(36)17-37/h5-8,13-16,21H,4,9-12,17-18H2,1-3H3,(H,30,35)(H,31,33,34)/t21-/m1/s1. The Labute approximate surface area is 238 Å². The first-order valence-corrected chi connectivity index (χ1v) is 13.7. The van der Waals surface area contributed by atoms with E-state index in [1.165, 1.54) is 0 Å². The van der Waals surface area contributed by atoms with Gasteiger partial charge in [-0.1, -0.05) is 0 Å². The van der Waals surface area contributed by atoms with Gasteiger partial charge in [0.2, 0.25) is 5.95 Å². The largest absolute Gasteiger partial charge is 0.497 e. The topological polar surface area (TPSA) is 123 Å². The fraction of sp³-hybridized carbons (Fsp3) is 0.379. The molecule has 1 aromatic carbocycles. The molecule has 2 fully saturated rings. The molecular formula is C29H34N8O4. The second-order valence-electron chi connectivity index (χ2n) is 9.83. The Morgan fingerprint density at radius 1 is 1.00 bits per heavy atom. The Kier molecular flexibility index (Phi) is 7.83. The van der Waals surface area contributed by atoms with Crippen LogP contribution in [-0.2, 0) is 4.74 Å². The Morgan fingerprint density at radius 2 is 1.85 bits per heavy atom. The van der Waals surface area contributed by atoms with E-state index in [1.807, 2.05) is 37.3 Å². The number of benzene rings is 1. The molecule has 41 heavy (non-hydrogen) atoms. The predicted octanol–water partition coefficient (Wildman–Crippen LogP) is 3.91. The van der Waals surface area contributed by atoms with Crippen molar-refractivity contribution in [1.29, 1.82) is 0 Å². The van der Waals surface area contributed by atoms with Gasteiger partial charge in [0, 0.05) is 50.6 Å². The third-order valence-corrected chi connectivity index (χ3v) is 7.23. The quantitative estimate of drug-likeness (QED) is 0.310. The molecule has 2 aliphatic rings. The summed E-state index contributed by atoms with van der Waals surface area (Å²) in [5.74, 6) is 3.16. The van der Waals surface area contributed by atoms with Crippen LogP contribution in [0.4, 0.5) is 23.5 Å². The van der Waals surface area contributed by atoms with Crippen molar-refractivity contribution in [3.8, 4) is 34.2 Å². The molecule has 0 aliphatic carbocycles. The molecule has 3 aromatic heterocycles. The van der Waals surface area contributed by atoms with Crippen molar-refractivity contribution in [2.75, 3.05) is 75.7 Å². The minimum Gasteiger partial charge on any atom is -0.497 e. The molecule has 0 spiro atoms. The lowest BCUT2D eigenvalue weighted by Gasteiger charge is -2.44. The molecule has 5 heterocycles. The lowest BCUT2D eigenvalue weighted by Crippen LogP contribution is -2.58. The van der Waals surface area contributed by atoms with Crippen LogP contribution in [0.25, 0.3) is 22.7 Å². The van der Waals surface area contributed by atoms with Crippen LogP contribution in [0, 0.1) is 0 Å². The van der Waals surface area contributed by atoms with Crippen molar-refractivity contribution < 1.29 is 18.6 Å². The Morgan fingerprint density at radius 3 is 2.61 bits per heavy atom. The van der Waals surface area contributed by atoms with Crippen molar-refractivity contribution >= 4 is 23.5 Å². The van der Waals surface area contributed by atoms with Crippen LogP contribution in [0.1, 0.15) is 6.92 Å². The molecule has 214 valence electrons. The van der Waals surface area contributed by atoms with Gasteiger partial charge in [0.05, 0.1) is 45.4 Å². The summed E-state index contributed by atoms with van der Waals surface area (Å²) in [6.45, 7) is 8.14. The summed E-state index contributed by atoms with van der Waals surface area (Å²) in [6, 6.07) is 12.2. The molecule has 2 saturated heterocycles. The van der Waals surface area contributed by atoms with Crippen LogP contribution in [0.15, 0.2) is 53.2 Å². The summed E-state index contributed by atoms with van der Waals surface area (Å²) in [5, 5.41) is 6.41. The van der Waals surface area contributed by atoms with Gasteiger partial charge in [0.1, 0.15) is 28.7 Å². The molecular weight excluding hydrogens is 524 g/mol. The third-order valence-electron chi connectivity index (χ3n) is 7.23. The van der Waals surface area contributed by atoms with Crippen molar-refractivity contribution in [2.45, 2.75) is 13.0 Å². The average Bonchev–Trinajstić information content (AvgIpc) is 3.45. The van der Waals surface area contributed by atoms with Crippen LogP contribution >= 0.6 is 0 Å². The lowest BCUT2D eigenvalue weighted by molar-refractivity contribution is -0.0117. The number of ether oxygens (including phenoxy) is 3. The zero-order valence-electron chi connectivity index (χ0n) is 23.5. The molecule has 0 unspecified atom stereocenters. The zero-order valence-corrected chi connectivity index (χ0v) is 23.5. The molecule has 0 amide bonds. The smallest absolute Gasteiger partial charge is 0.295 e. The van der Waals surface area contributed by atoms with E-state index < -0.39 is 0 Å². The van der Waals surface area contributed by atoms with E-state index >= 15 is 0 Å². The lowest BCUT2D eigenvalue weighted by atomic mass is 10.1. The maximum absolute atomic E-state index is 6.12. The maximum Gasteiger partial charge on any atom is 0.295 e. The highest BCUT2D eigenvalue weighted by molar-refractivity contribution is 5.78. The SMILES string of the molecule is CCNc1nc(-c2cc(OC)cc(OC)c2)c(-c2ccnc(Nc3ccc(N4CCN5CCOC[C@H]5C4)nc3)n2)o1. The molecule has 2 N–H and O–H groups in total. The number of nitrogens with zero attached hydrogens (tertiary/aromatic N) is 6. The van der Waals surface area contributed by atoms with Gasteiger partial charge in [-0.15, -0.1) is 0 Å². The second kappa shape index (κ2) is 12.0. The Hall–Kier alpha value is -4.42. The Bertz CT molecular complexity index is 1460. The van der Waals surface area contributed by atoms with E-state index in [0.717, 1.165) is 56.5 Å². The number of aromatic nitrogens is 4. The Balaban J connectivity index is 1.23. The number of pyridine rings is 1. The first kappa shape index (κ1) is 26.8. The zero-order chi connectivity index (χ0) is 28.2. The third kappa shape index (κ3) is 5.88. The van der Waals surface area contributed by atoms with Crippen LogP contribution < -0.4 is 25.0 Å². The molecule has 12 heteroatoms. The predicted molar refractivity (Wildman–Crippen MR) is 156 cm³/mol. The summed E-state index contributed by atoms with van der Waals surface area (Å²) in [7, 11) is 3.23. The number of anilines is 4. The second-order valence-corrected chi connectivity index (χ2v) is 9.83. The number of fused-ring (bicyclic) bond motifs is 1. The first-order chi connectivity index (χ1) is 20.1. The van der Waals surface area contributed by atoms with Crippen molar-refractivity contribution in [1.82, 2.24) is 24.8 Å². The van der Waals surface area contributed by atoms with Gasteiger partial charge < -0.3 is 34.2 Å². The number of rotatable bonds is 9. The van der Waals surface area contributed by atoms with Gasteiger partial charge in [0.15, 0.2) is 5.76 Å². The minimum atomic E-state index is 0.396. The number of hydrogen-bond acceptors (Lipinski definition) is 12. The molecule has 1 atom stereocenters. The number of nitrogens with one attached hydrogen (secondary N) is 2. The van der Waals surface area contributed by atoms with Crippen LogP contribution in [0.2, 0.25) is 0 Å². The molecule has 2 aliphatic heterocycles. The van der Waals surface area contributed by atoms with Crippen molar-refractivity contribution in [3.63, 3.8) is 0 Å². The van der Waals surface area contributed by atoms with Gasteiger partial charge in [-0.2, -0.15) is 4.98 Å².